The van der Waals surface area contributed by atoms with Crippen molar-refractivity contribution in [2.45, 2.75) is 6.92 Å². The number of nitrogens with zero attached hydrogens (tertiary/aromatic N) is 1. The van der Waals surface area contributed by atoms with E-state index in [1.54, 1.807) is 6.92 Å². The number of likely N-dealkylation sites (N-methyl/N-ethyl adjacent to an activating group) is 1. The van der Waals surface area contributed by atoms with Crippen LogP contribution in [0.3, 0.4) is 0 Å². The number of rotatable bonds is 5. The highest BCUT2D eigenvalue weighted by molar-refractivity contribution is 6.31. The molecular weight excluding hydrogens is 357 g/mol. The highest BCUT2D eigenvalue weighted by Crippen LogP contribution is 2.19. The first kappa shape index (κ1) is 18.8. The van der Waals surface area contributed by atoms with Crippen molar-refractivity contribution in [2.75, 3.05) is 18.4 Å². The molecule has 0 saturated carbocycles. The van der Waals surface area contributed by atoms with E-state index in [4.69, 9.17) is 11.6 Å². The molecule has 2 amide bonds. The van der Waals surface area contributed by atoms with Crippen LogP contribution in [-0.4, -0.2) is 29.8 Å². The van der Waals surface area contributed by atoms with E-state index in [0.717, 1.165) is 35.2 Å². The van der Waals surface area contributed by atoms with Gasteiger partial charge in [0.05, 0.1) is 5.56 Å². The van der Waals surface area contributed by atoms with Crippen molar-refractivity contribution in [3.63, 3.8) is 0 Å². The van der Waals surface area contributed by atoms with Crippen LogP contribution in [0.4, 0.5) is 18.9 Å². The molecule has 2 aromatic rings. The Labute approximate surface area is 147 Å². The van der Waals surface area contributed by atoms with Crippen LogP contribution in [-0.2, 0) is 4.79 Å². The van der Waals surface area contributed by atoms with Gasteiger partial charge in [-0.25, -0.2) is 13.2 Å². The summed E-state index contributed by atoms with van der Waals surface area (Å²) in [4.78, 5) is 25.4. The topological polar surface area (TPSA) is 49.4 Å². The summed E-state index contributed by atoms with van der Waals surface area (Å²) in [5, 5.41) is 2.24. The third-order valence-corrected chi connectivity index (χ3v) is 3.62. The van der Waals surface area contributed by atoms with E-state index in [1.807, 2.05) is 0 Å². The number of halogens is 4. The Kier molecular flexibility index (Phi) is 6.03. The van der Waals surface area contributed by atoms with Crippen molar-refractivity contribution in [1.82, 2.24) is 4.90 Å². The van der Waals surface area contributed by atoms with Crippen LogP contribution in [0.15, 0.2) is 36.4 Å². The molecule has 8 heteroatoms. The second-order valence-electron chi connectivity index (χ2n) is 5.09. The number of hydrogen-bond donors (Lipinski definition) is 1. The zero-order valence-corrected chi connectivity index (χ0v) is 13.9. The molecular formula is C17H14ClF3N2O2. The van der Waals surface area contributed by atoms with Crippen LogP contribution >= 0.6 is 11.6 Å². The number of benzene rings is 2. The van der Waals surface area contributed by atoms with Crippen LogP contribution in [0.25, 0.3) is 0 Å². The molecule has 0 radical (unpaired) electrons. The third kappa shape index (κ3) is 4.51. The molecule has 0 heterocycles. The molecule has 2 aromatic carbocycles. The molecule has 2 rings (SSSR count). The Morgan fingerprint density at radius 3 is 2.32 bits per heavy atom. The zero-order chi connectivity index (χ0) is 18.6. The largest absolute Gasteiger partial charge is 0.330 e. The Morgan fingerprint density at radius 2 is 1.72 bits per heavy atom. The Morgan fingerprint density at radius 1 is 1.08 bits per heavy atom. The van der Waals surface area contributed by atoms with Crippen molar-refractivity contribution in [3.8, 4) is 0 Å². The van der Waals surface area contributed by atoms with Gasteiger partial charge in [0.1, 0.15) is 29.7 Å². The van der Waals surface area contributed by atoms with Crippen LogP contribution in [0.1, 0.15) is 17.3 Å². The SMILES string of the molecule is CCN(CC(=O)Nc1c(F)cccc1F)C(=O)c1cc(Cl)ccc1F. The van der Waals surface area contributed by atoms with E-state index in [9.17, 15) is 22.8 Å². The predicted octanol–water partition coefficient (Wildman–Crippen LogP) is 3.86. The number of nitrogens with one attached hydrogen (secondary N) is 1. The lowest BCUT2D eigenvalue weighted by molar-refractivity contribution is -0.116. The highest BCUT2D eigenvalue weighted by Gasteiger charge is 2.22. The Hall–Kier alpha value is -2.54. The first-order valence-electron chi connectivity index (χ1n) is 7.31. The molecule has 0 bridgehead atoms. The number of carbonyl (C=O) groups is 2. The van der Waals surface area contributed by atoms with Gasteiger partial charge < -0.3 is 10.2 Å². The summed E-state index contributed by atoms with van der Waals surface area (Å²) < 4.78 is 40.9. The van der Waals surface area contributed by atoms with Gasteiger partial charge in [0.2, 0.25) is 5.91 Å². The van der Waals surface area contributed by atoms with Gasteiger partial charge in [-0.15, -0.1) is 0 Å². The molecule has 0 fully saturated rings. The van der Waals surface area contributed by atoms with Gasteiger partial charge in [-0.1, -0.05) is 17.7 Å². The second-order valence-corrected chi connectivity index (χ2v) is 5.52. The molecule has 25 heavy (non-hydrogen) atoms. The minimum atomic E-state index is -0.941. The van der Waals surface area contributed by atoms with Gasteiger partial charge in [-0.3, -0.25) is 9.59 Å². The molecule has 0 aliphatic carbocycles. The Balaban J connectivity index is 2.14. The van der Waals surface area contributed by atoms with E-state index < -0.39 is 41.5 Å². The standard InChI is InChI=1S/C17H14ClF3N2O2/c1-2-23(17(25)11-8-10(18)6-7-12(11)19)9-15(24)22-16-13(20)4-3-5-14(16)21/h3-8H,2,9H2,1H3,(H,22,24). The first-order chi connectivity index (χ1) is 11.8. The summed E-state index contributed by atoms with van der Waals surface area (Å²) >= 11 is 5.76. The van der Waals surface area contributed by atoms with Crippen molar-refractivity contribution in [3.05, 3.63) is 64.4 Å². The average Bonchev–Trinajstić information content (AvgIpc) is 2.57. The van der Waals surface area contributed by atoms with E-state index in [1.165, 1.54) is 6.07 Å². The van der Waals surface area contributed by atoms with Crippen LogP contribution < -0.4 is 5.32 Å². The van der Waals surface area contributed by atoms with Crippen LogP contribution in [0.5, 0.6) is 0 Å². The fourth-order valence-corrected chi connectivity index (χ4v) is 2.30. The normalized spacial score (nSPS) is 10.4. The molecule has 0 aliphatic heterocycles. The lowest BCUT2D eigenvalue weighted by Gasteiger charge is -2.21. The fourth-order valence-electron chi connectivity index (χ4n) is 2.13. The number of amides is 2. The van der Waals surface area contributed by atoms with Gasteiger partial charge in [-0.05, 0) is 37.3 Å². The summed E-state index contributed by atoms with van der Waals surface area (Å²) in [6.07, 6.45) is 0. The van der Waals surface area contributed by atoms with Crippen molar-refractivity contribution < 1.29 is 22.8 Å². The molecule has 0 atom stereocenters. The van der Waals surface area contributed by atoms with E-state index in [2.05, 4.69) is 5.32 Å². The predicted molar refractivity (Wildman–Crippen MR) is 88.0 cm³/mol. The van der Waals surface area contributed by atoms with Gasteiger partial charge in [0, 0.05) is 11.6 Å². The van der Waals surface area contributed by atoms with Crippen molar-refractivity contribution in [2.24, 2.45) is 0 Å². The second kappa shape index (κ2) is 8.02. The third-order valence-electron chi connectivity index (χ3n) is 3.39. The van der Waals surface area contributed by atoms with E-state index >= 15 is 0 Å². The minimum absolute atomic E-state index is 0.0813. The maximum Gasteiger partial charge on any atom is 0.257 e. The summed E-state index contributed by atoms with van der Waals surface area (Å²) in [5.74, 6) is -4.24. The molecule has 0 spiro atoms. The highest BCUT2D eigenvalue weighted by atomic mass is 35.5. The van der Waals surface area contributed by atoms with Gasteiger partial charge in [0.25, 0.3) is 5.91 Å². The molecule has 0 saturated heterocycles. The first-order valence-corrected chi connectivity index (χ1v) is 7.69. The Bertz CT molecular complexity index is 794. The van der Waals surface area contributed by atoms with E-state index in [0.29, 0.717) is 0 Å². The monoisotopic (exact) mass is 370 g/mol. The van der Waals surface area contributed by atoms with Crippen LogP contribution in [0.2, 0.25) is 5.02 Å². The van der Waals surface area contributed by atoms with Gasteiger partial charge in [-0.2, -0.15) is 0 Å². The van der Waals surface area contributed by atoms with Gasteiger partial charge in [0.15, 0.2) is 0 Å². The van der Waals surface area contributed by atoms with Crippen molar-refractivity contribution >= 4 is 29.1 Å². The van der Waals surface area contributed by atoms with Crippen molar-refractivity contribution in [1.29, 1.82) is 0 Å². The maximum absolute atomic E-state index is 13.8. The summed E-state index contributed by atoms with van der Waals surface area (Å²) in [5.41, 5.74) is -0.899. The lowest BCUT2D eigenvalue weighted by Crippen LogP contribution is -2.38. The summed E-state index contributed by atoms with van der Waals surface area (Å²) in [7, 11) is 0. The molecule has 0 unspecified atom stereocenters. The smallest absolute Gasteiger partial charge is 0.257 e. The number of anilines is 1. The summed E-state index contributed by atoms with van der Waals surface area (Å²) in [6, 6.07) is 6.61. The quantitative estimate of drug-likeness (QED) is 0.869. The number of carbonyl (C=O) groups excluding carboxylic acids is 2. The summed E-state index contributed by atoms with van der Waals surface area (Å²) in [6.45, 7) is 1.16. The molecule has 4 nitrogen and oxygen atoms in total. The van der Waals surface area contributed by atoms with Crippen LogP contribution in [0, 0.1) is 17.5 Å². The zero-order valence-electron chi connectivity index (χ0n) is 13.2. The minimum Gasteiger partial charge on any atom is -0.330 e. The van der Waals surface area contributed by atoms with Gasteiger partial charge >= 0.3 is 0 Å². The maximum atomic E-state index is 13.8. The molecule has 0 aromatic heterocycles. The molecule has 0 aliphatic rings. The fraction of sp³-hybridized carbons (Fsp3) is 0.176. The lowest BCUT2D eigenvalue weighted by atomic mass is 10.2. The molecule has 1 N–H and O–H groups in total. The average molecular weight is 371 g/mol. The molecule has 132 valence electrons. The number of para-hydroxylation sites is 1. The number of hydrogen-bond acceptors (Lipinski definition) is 2. The van der Waals surface area contributed by atoms with E-state index in [-0.39, 0.29) is 17.1 Å².